The van der Waals surface area contributed by atoms with Crippen molar-refractivity contribution in [3.8, 4) is 0 Å². The number of hydrogen-bond donors (Lipinski definition) is 2. The zero-order valence-electron chi connectivity index (χ0n) is 7.09. The van der Waals surface area contributed by atoms with Gasteiger partial charge in [0.15, 0.2) is 0 Å². The third kappa shape index (κ3) is 1.66. The molecule has 0 radical (unpaired) electrons. The van der Waals surface area contributed by atoms with Crippen LogP contribution in [0.5, 0.6) is 0 Å². The Morgan fingerprint density at radius 1 is 1.33 bits per heavy atom. The molecule has 0 spiro atoms. The molecule has 0 unspecified atom stereocenters. The quantitative estimate of drug-likeness (QED) is 0.522. The molecule has 0 saturated heterocycles. The lowest BCUT2D eigenvalue weighted by atomic mass is 10.1. The summed E-state index contributed by atoms with van der Waals surface area (Å²) in [4.78, 5) is 0. The van der Waals surface area contributed by atoms with E-state index in [9.17, 15) is 0 Å². The number of benzene rings is 1. The van der Waals surface area contributed by atoms with Crippen LogP contribution in [0.3, 0.4) is 0 Å². The highest BCUT2D eigenvalue weighted by Gasteiger charge is 2.00. The molecular formula is C10H14N2. The summed E-state index contributed by atoms with van der Waals surface area (Å²) in [6.07, 6.45) is 2.64. The third-order valence-corrected chi connectivity index (χ3v) is 1.87. The lowest BCUT2D eigenvalue weighted by Crippen LogP contribution is -2.03. The van der Waals surface area contributed by atoms with Gasteiger partial charge in [-0.3, -0.25) is 0 Å². The number of allylic oxidation sites excluding steroid dienone is 1. The molecule has 1 aromatic rings. The Bertz CT molecular complexity index is 279. The minimum Gasteiger partial charge on any atom is -0.398 e. The van der Waals surface area contributed by atoms with Crippen molar-refractivity contribution >= 4 is 5.69 Å². The number of anilines is 1. The standard InChI is InChI=1S/C10H14N2/c1-2-4-8-5-3-6-9(7-11)10(8)12/h2-3,5-6H,1,4,7,11-12H2. The maximum Gasteiger partial charge on any atom is 0.0395 e. The number of nitrogens with two attached hydrogens (primary N) is 2. The molecule has 0 fully saturated rings. The van der Waals surface area contributed by atoms with Crippen LogP contribution in [-0.2, 0) is 13.0 Å². The molecule has 0 aromatic heterocycles. The predicted molar refractivity (Wildman–Crippen MR) is 52.6 cm³/mol. The van der Waals surface area contributed by atoms with Crippen LogP contribution in [0.1, 0.15) is 11.1 Å². The van der Waals surface area contributed by atoms with Crippen LogP contribution >= 0.6 is 0 Å². The predicted octanol–water partition coefficient (Wildman–Crippen LogP) is 1.46. The number of nitrogen functional groups attached to an aromatic ring is 1. The van der Waals surface area contributed by atoms with Gasteiger partial charge in [-0.1, -0.05) is 24.3 Å². The Morgan fingerprint density at radius 3 is 2.58 bits per heavy atom. The van der Waals surface area contributed by atoms with E-state index in [-0.39, 0.29) is 0 Å². The second kappa shape index (κ2) is 3.93. The summed E-state index contributed by atoms with van der Waals surface area (Å²) in [5.74, 6) is 0. The molecule has 0 atom stereocenters. The first-order chi connectivity index (χ1) is 5.79. The summed E-state index contributed by atoms with van der Waals surface area (Å²) >= 11 is 0. The Labute approximate surface area is 72.9 Å². The van der Waals surface area contributed by atoms with Gasteiger partial charge in [-0.05, 0) is 17.5 Å². The Morgan fingerprint density at radius 2 is 2.00 bits per heavy atom. The topological polar surface area (TPSA) is 52.0 Å². The smallest absolute Gasteiger partial charge is 0.0395 e. The Balaban J connectivity index is 3.04. The first-order valence-electron chi connectivity index (χ1n) is 3.96. The van der Waals surface area contributed by atoms with Crippen LogP contribution in [0, 0.1) is 0 Å². The summed E-state index contributed by atoms with van der Waals surface area (Å²) in [7, 11) is 0. The average molecular weight is 162 g/mol. The molecule has 0 amide bonds. The van der Waals surface area contributed by atoms with Crippen molar-refractivity contribution in [2.45, 2.75) is 13.0 Å². The molecule has 1 aromatic carbocycles. The zero-order chi connectivity index (χ0) is 8.97. The molecule has 64 valence electrons. The molecule has 4 N–H and O–H groups in total. The second-order valence-corrected chi connectivity index (χ2v) is 2.69. The van der Waals surface area contributed by atoms with Crippen molar-refractivity contribution in [2.75, 3.05) is 5.73 Å². The number of rotatable bonds is 3. The first-order valence-corrected chi connectivity index (χ1v) is 3.96. The van der Waals surface area contributed by atoms with E-state index in [1.165, 1.54) is 0 Å². The van der Waals surface area contributed by atoms with E-state index in [0.29, 0.717) is 6.54 Å². The largest absolute Gasteiger partial charge is 0.398 e. The molecule has 2 nitrogen and oxygen atoms in total. The van der Waals surface area contributed by atoms with Crippen LogP contribution in [-0.4, -0.2) is 0 Å². The van der Waals surface area contributed by atoms with Gasteiger partial charge in [0, 0.05) is 12.2 Å². The summed E-state index contributed by atoms with van der Waals surface area (Å²) in [5.41, 5.74) is 14.3. The second-order valence-electron chi connectivity index (χ2n) is 2.69. The van der Waals surface area contributed by atoms with E-state index >= 15 is 0 Å². The van der Waals surface area contributed by atoms with Gasteiger partial charge in [-0.25, -0.2) is 0 Å². The summed E-state index contributed by atoms with van der Waals surface area (Å²) < 4.78 is 0. The van der Waals surface area contributed by atoms with Gasteiger partial charge in [0.25, 0.3) is 0 Å². The van der Waals surface area contributed by atoms with E-state index < -0.39 is 0 Å². The van der Waals surface area contributed by atoms with Crippen LogP contribution in [0.15, 0.2) is 30.9 Å². The molecule has 0 aliphatic heterocycles. The van der Waals surface area contributed by atoms with Gasteiger partial charge in [-0.15, -0.1) is 6.58 Å². The molecular weight excluding hydrogens is 148 g/mol. The van der Waals surface area contributed by atoms with Crippen LogP contribution in [0.2, 0.25) is 0 Å². The zero-order valence-corrected chi connectivity index (χ0v) is 7.09. The fourth-order valence-corrected chi connectivity index (χ4v) is 1.18. The highest BCUT2D eigenvalue weighted by Crippen LogP contribution is 2.17. The molecule has 0 heterocycles. The van der Waals surface area contributed by atoms with E-state index in [4.69, 9.17) is 11.5 Å². The molecule has 0 saturated carbocycles. The van der Waals surface area contributed by atoms with Gasteiger partial charge in [-0.2, -0.15) is 0 Å². The van der Waals surface area contributed by atoms with Gasteiger partial charge < -0.3 is 11.5 Å². The van der Waals surface area contributed by atoms with Crippen LogP contribution < -0.4 is 11.5 Å². The van der Waals surface area contributed by atoms with Crippen molar-refractivity contribution in [1.82, 2.24) is 0 Å². The minimum absolute atomic E-state index is 0.497. The van der Waals surface area contributed by atoms with Gasteiger partial charge in [0.05, 0.1) is 0 Å². The molecule has 1 rings (SSSR count). The van der Waals surface area contributed by atoms with Crippen molar-refractivity contribution in [3.63, 3.8) is 0 Å². The monoisotopic (exact) mass is 162 g/mol. The molecule has 2 heteroatoms. The van der Waals surface area contributed by atoms with Crippen molar-refractivity contribution in [2.24, 2.45) is 5.73 Å². The van der Waals surface area contributed by atoms with Crippen LogP contribution in [0.25, 0.3) is 0 Å². The van der Waals surface area contributed by atoms with Gasteiger partial charge in [0.1, 0.15) is 0 Å². The van der Waals surface area contributed by atoms with E-state index in [0.717, 1.165) is 23.2 Å². The highest BCUT2D eigenvalue weighted by atomic mass is 14.6. The van der Waals surface area contributed by atoms with Gasteiger partial charge in [0.2, 0.25) is 0 Å². The van der Waals surface area contributed by atoms with Crippen molar-refractivity contribution in [1.29, 1.82) is 0 Å². The Hall–Kier alpha value is -1.28. The summed E-state index contributed by atoms with van der Waals surface area (Å²) in [6, 6.07) is 5.91. The van der Waals surface area contributed by atoms with E-state index in [1.54, 1.807) is 0 Å². The number of hydrogen-bond acceptors (Lipinski definition) is 2. The maximum absolute atomic E-state index is 5.85. The highest BCUT2D eigenvalue weighted by molar-refractivity contribution is 5.54. The fraction of sp³-hybridized carbons (Fsp3) is 0.200. The number of para-hydroxylation sites is 1. The minimum atomic E-state index is 0.497. The molecule has 0 bridgehead atoms. The fourth-order valence-electron chi connectivity index (χ4n) is 1.18. The molecule has 0 aliphatic rings. The van der Waals surface area contributed by atoms with Crippen molar-refractivity contribution < 1.29 is 0 Å². The summed E-state index contributed by atoms with van der Waals surface area (Å²) in [6.45, 7) is 4.16. The molecule has 12 heavy (non-hydrogen) atoms. The maximum atomic E-state index is 5.85. The first kappa shape index (κ1) is 8.81. The lowest BCUT2D eigenvalue weighted by molar-refractivity contribution is 1.07. The van der Waals surface area contributed by atoms with Gasteiger partial charge >= 0.3 is 0 Å². The SMILES string of the molecule is C=CCc1cccc(CN)c1N. The third-order valence-electron chi connectivity index (χ3n) is 1.87. The lowest BCUT2D eigenvalue weighted by Gasteiger charge is -2.06. The molecule has 0 aliphatic carbocycles. The van der Waals surface area contributed by atoms with Crippen molar-refractivity contribution in [3.05, 3.63) is 42.0 Å². The normalized spacial score (nSPS) is 9.75. The summed E-state index contributed by atoms with van der Waals surface area (Å²) in [5, 5.41) is 0. The Kier molecular flexibility index (Phi) is 2.88. The van der Waals surface area contributed by atoms with E-state index in [1.807, 2.05) is 24.3 Å². The van der Waals surface area contributed by atoms with Crippen LogP contribution in [0.4, 0.5) is 5.69 Å². The van der Waals surface area contributed by atoms with E-state index in [2.05, 4.69) is 6.58 Å². The average Bonchev–Trinajstić information content (AvgIpc) is 2.09.